The highest BCUT2D eigenvalue weighted by atomic mass is 79.9. The van der Waals surface area contributed by atoms with Crippen molar-refractivity contribution in [2.45, 2.75) is 26.9 Å². The number of thioether (sulfide) groups is 1. The Bertz CT molecular complexity index is 1920. The van der Waals surface area contributed by atoms with Crippen LogP contribution in [-0.2, 0) is 9.59 Å². The third kappa shape index (κ3) is 7.28. The van der Waals surface area contributed by atoms with E-state index >= 15 is 0 Å². The lowest BCUT2D eigenvalue weighted by molar-refractivity contribution is -0.117. The van der Waals surface area contributed by atoms with Crippen LogP contribution in [0.2, 0.25) is 0 Å². The second-order valence-electron chi connectivity index (χ2n) is 10.4. The number of carbonyl (C=O) groups excluding carboxylic acids is 3. The number of fused-ring (bicyclic) bond motifs is 2. The summed E-state index contributed by atoms with van der Waals surface area (Å²) in [6, 6.07) is 39.4. The molecule has 0 aromatic heterocycles. The topological polar surface area (TPSA) is 78.5 Å². The number of amides is 3. The van der Waals surface area contributed by atoms with Gasteiger partial charge in [-0.25, -0.2) is 0 Å². The van der Waals surface area contributed by atoms with Crippen LogP contribution in [-0.4, -0.2) is 23.0 Å². The minimum absolute atomic E-state index is 0.0393. The largest absolute Gasteiger partial charge is 0.321 e. The van der Waals surface area contributed by atoms with Gasteiger partial charge in [0.15, 0.2) is 0 Å². The number of benzene rings is 5. The van der Waals surface area contributed by atoms with E-state index in [9.17, 15) is 14.4 Å². The molecule has 1 atom stereocenters. The predicted molar refractivity (Wildman–Crippen MR) is 191 cm³/mol. The molecule has 0 spiro atoms. The zero-order valence-corrected chi connectivity index (χ0v) is 27.9. The first-order valence-corrected chi connectivity index (χ1v) is 17.0. The first-order chi connectivity index (χ1) is 22.4. The van der Waals surface area contributed by atoms with E-state index < -0.39 is 17.1 Å². The zero-order chi connectivity index (χ0) is 32.0. The second-order valence-corrected chi connectivity index (χ2v) is 13.8. The predicted octanol–water partition coefficient (Wildman–Crippen LogP) is 9.17. The lowest BCUT2D eigenvalue weighted by atomic mass is 10.1. The first-order valence-electron chi connectivity index (χ1n) is 14.5. The lowest BCUT2D eigenvalue weighted by Crippen LogP contribution is -2.34. The van der Waals surface area contributed by atoms with E-state index in [0.717, 1.165) is 36.1 Å². The van der Waals surface area contributed by atoms with E-state index in [0.29, 0.717) is 11.3 Å². The smallest absolute Gasteiger partial charge is 0.272 e. The van der Waals surface area contributed by atoms with Gasteiger partial charge in [0, 0.05) is 30.4 Å². The van der Waals surface area contributed by atoms with Crippen molar-refractivity contribution >= 4 is 80.3 Å². The molecule has 0 saturated heterocycles. The maximum Gasteiger partial charge on any atom is 0.272 e. The highest BCUT2D eigenvalue weighted by molar-refractivity contribution is 9.10. The molecule has 0 aliphatic carbocycles. The molecule has 5 aromatic carbocycles. The normalized spacial score (nSPS) is 12.8. The van der Waals surface area contributed by atoms with Crippen LogP contribution in [0.15, 0.2) is 152 Å². The van der Waals surface area contributed by atoms with E-state index in [1.165, 1.54) is 11.8 Å². The van der Waals surface area contributed by atoms with E-state index in [1.54, 1.807) is 53.1 Å². The van der Waals surface area contributed by atoms with Gasteiger partial charge in [-0.15, -0.1) is 11.8 Å². The minimum atomic E-state index is -0.477. The number of hydrogen-bond donors (Lipinski definition) is 2. The summed E-state index contributed by atoms with van der Waals surface area (Å²) in [6.07, 6.45) is 1.63. The number of hydrogen-bond acceptors (Lipinski definition) is 5. The summed E-state index contributed by atoms with van der Waals surface area (Å²) >= 11 is 6.54. The monoisotopic (exact) mass is 705 g/mol. The van der Waals surface area contributed by atoms with Crippen LogP contribution >= 0.6 is 39.5 Å². The van der Waals surface area contributed by atoms with E-state index in [4.69, 9.17) is 0 Å². The fraction of sp³-hybridized carbons (Fsp3) is 0.0541. The van der Waals surface area contributed by atoms with Crippen molar-refractivity contribution < 1.29 is 14.4 Å². The van der Waals surface area contributed by atoms with Gasteiger partial charge in [0.2, 0.25) is 5.91 Å². The van der Waals surface area contributed by atoms with Crippen LogP contribution < -0.4 is 15.5 Å². The third-order valence-electron chi connectivity index (χ3n) is 7.09. The molecular formula is C37H28BrN3O3S2. The van der Waals surface area contributed by atoms with Gasteiger partial charge in [-0.1, -0.05) is 88.4 Å². The molecule has 3 amide bonds. The molecule has 228 valence electrons. The highest BCUT2D eigenvalue weighted by Crippen LogP contribution is 2.48. The molecule has 6 nitrogen and oxygen atoms in total. The van der Waals surface area contributed by atoms with Crippen molar-refractivity contribution in [2.75, 3.05) is 10.2 Å². The zero-order valence-electron chi connectivity index (χ0n) is 24.6. The van der Waals surface area contributed by atoms with Gasteiger partial charge in [0.25, 0.3) is 11.8 Å². The summed E-state index contributed by atoms with van der Waals surface area (Å²) in [5, 5.41) is 5.27. The van der Waals surface area contributed by atoms with Gasteiger partial charge in [-0.2, -0.15) is 0 Å². The average molecular weight is 707 g/mol. The molecule has 9 heteroatoms. The molecule has 5 aromatic rings. The number of halogens is 1. The van der Waals surface area contributed by atoms with Crippen molar-refractivity contribution in [3.05, 3.63) is 149 Å². The maximum absolute atomic E-state index is 14.0. The number of para-hydroxylation sites is 2. The number of rotatable bonds is 8. The van der Waals surface area contributed by atoms with Gasteiger partial charge < -0.3 is 10.6 Å². The van der Waals surface area contributed by atoms with Crippen molar-refractivity contribution in [1.29, 1.82) is 0 Å². The molecular weight excluding hydrogens is 678 g/mol. The Morgan fingerprint density at radius 1 is 0.783 bits per heavy atom. The molecule has 6 rings (SSSR count). The van der Waals surface area contributed by atoms with Crippen molar-refractivity contribution in [1.82, 2.24) is 5.32 Å². The Morgan fingerprint density at radius 2 is 1.43 bits per heavy atom. The van der Waals surface area contributed by atoms with Gasteiger partial charge in [0.05, 0.1) is 16.6 Å². The van der Waals surface area contributed by atoms with E-state index in [-0.39, 0.29) is 11.6 Å². The first kappa shape index (κ1) is 31.4. The fourth-order valence-electron chi connectivity index (χ4n) is 4.93. The van der Waals surface area contributed by atoms with Gasteiger partial charge in [0.1, 0.15) is 5.70 Å². The highest BCUT2D eigenvalue weighted by Gasteiger charge is 2.31. The number of nitrogens with zero attached hydrogens (tertiary/aromatic N) is 1. The van der Waals surface area contributed by atoms with E-state index in [1.807, 2.05) is 104 Å². The van der Waals surface area contributed by atoms with Crippen LogP contribution in [0.25, 0.3) is 6.08 Å². The van der Waals surface area contributed by atoms with Gasteiger partial charge in [-0.3, -0.25) is 19.3 Å². The Balaban J connectivity index is 1.21. The standard InChI is InChI=1S/C37H28BrN3O3S2/c1-24(37(44)41-31-17-5-7-19-33(31)46-34-20-8-6-18-32(34)41)45-29-16-10-15-28(23-29)39-36(43)30(22-25-11-9-14-27(38)21-25)40-35(42)26-12-3-2-4-13-26/h2-24H,1H3,(H,39,43)(H,40,42)/b30-22+. The molecule has 0 saturated carbocycles. The van der Waals surface area contributed by atoms with Crippen molar-refractivity contribution in [3.8, 4) is 0 Å². The summed E-state index contributed by atoms with van der Waals surface area (Å²) in [6.45, 7) is 1.89. The van der Waals surface area contributed by atoms with Gasteiger partial charge in [-0.05, 0) is 85.3 Å². The summed E-state index contributed by atoms with van der Waals surface area (Å²) in [5.41, 5.74) is 3.54. The molecule has 1 aliphatic rings. The average Bonchev–Trinajstić information content (AvgIpc) is 3.07. The number of nitrogens with one attached hydrogen (secondary N) is 2. The molecule has 1 unspecified atom stereocenters. The Morgan fingerprint density at radius 3 is 2.13 bits per heavy atom. The summed E-state index contributed by atoms with van der Waals surface area (Å²) in [4.78, 5) is 45.2. The SMILES string of the molecule is CC(Sc1cccc(NC(=O)/C(=C\c2cccc(Br)c2)NC(=O)c2ccccc2)c1)C(=O)N1c2ccccc2Sc2ccccc21. The second kappa shape index (κ2) is 14.2. The Labute approximate surface area is 284 Å². The summed E-state index contributed by atoms with van der Waals surface area (Å²) in [7, 11) is 0. The summed E-state index contributed by atoms with van der Waals surface area (Å²) < 4.78 is 0.846. The fourth-order valence-corrected chi connectivity index (χ4v) is 7.37. The van der Waals surface area contributed by atoms with Crippen molar-refractivity contribution in [3.63, 3.8) is 0 Å². The number of anilines is 3. The molecule has 46 heavy (non-hydrogen) atoms. The third-order valence-corrected chi connectivity index (χ3v) is 9.80. The molecule has 0 radical (unpaired) electrons. The molecule has 1 heterocycles. The van der Waals surface area contributed by atoms with Crippen LogP contribution in [0, 0.1) is 0 Å². The molecule has 0 fully saturated rings. The molecule has 1 aliphatic heterocycles. The van der Waals surface area contributed by atoms with Crippen molar-refractivity contribution in [2.24, 2.45) is 0 Å². The molecule has 0 bridgehead atoms. The number of carbonyl (C=O) groups is 3. The Hall–Kier alpha value is -4.57. The van der Waals surface area contributed by atoms with Gasteiger partial charge >= 0.3 is 0 Å². The van der Waals surface area contributed by atoms with Crippen LogP contribution in [0.5, 0.6) is 0 Å². The van der Waals surface area contributed by atoms with Crippen LogP contribution in [0.3, 0.4) is 0 Å². The minimum Gasteiger partial charge on any atom is -0.321 e. The summed E-state index contributed by atoms with van der Waals surface area (Å²) in [5.74, 6) is -0.912. The van der Waals surface area contributed by atoms with E-state index in [2.05, 4.69) is 26.6 Å². The maximum atomic E-state index is 14.0. The Kier molecular flexibility index (Phi) is 9.73. The van der Waals surface area contributed by atoms with Crippen LogP contribution in [0.1, 0.15) is 22.8 Å². The van der Waals surface area contributed by atoms with Crippen LogP contribution in [0.4, 0.5) is 17.1 Å². The molecule has 2 N–H and O–H groups in total. The lowest BCUT2D eigenvalue weighted by Gasteiger charge is -2.32. The quantitative estimate of drug-likeness (QED) is 0.124.